The van der Waals surface area contributed by atoms with Crippen LogP contribution in [-0.2, 0) is 4.79 Å². The van der Waals surface area contributed by atoms with Crippen molar-refractivity contribution in [2.45, 2.75) is 13.3 Å². The lowest BCUT2D eigenvalue weighted by Gasteiger charge is -2.12. The van der Waals surface area contributed by atoms with Gasteiger partial charge in [-0.25, -0.2) is 4.98 Å². The predicted octanol–water partition coefficient (Wildman–Crippen LogP) is 3.71. The third-order valence-electron chi connectivity index (χ3n) is 2.81. The van der Waals surface area contributed by atoms with Gasteiger partial charge in [-0.05, 0) is 6.92 Å². The highest BCUT2D eigenvalue weighted by atomic mass is 35.5. The fourth-order valence-electron chi connectivity index (χ4n) is 1.63. The molecule has 1 heterocycles. The van der Waals surface area contributed by atoms with Crippen LogP contribution >= 0.6 is 22.9 Å². The molecule has 0 saturated heterocycles. The highest BCUT2D eigenvalue weighted by molar-refractivity contribution is 7.14. The van der Waals surface area contributed by atoms with Crippen molar-refractivity contribution in [2.24, 2.45) is 0 Å². The number of rotatable bonds is 4. The van der Waals surface area contributed by atoms with Crippen LogP contribution in [0.5, 0.6) is 0 Å². The zero-order valence-electron chi connectivity index (χ0n) is 10.9. The van der Waals surface area contributed by atoms with Gasteiger partial charge in [0.05, 0.1) is 5.69 Å². The number of benzene rings is 1. The Kier molecular flexibility index (Phi) is 4.56. The predicted molar refractivity (Wildman–Crippen MR) is 81.0 cm³/mol. The molecule has 1 aromatic heterocycles. The Balaban J connectivity index is 2.19. The van der Waals surface area contributed by atoms with Gasteiger partial charge in [0.15, 0.2) is 5.13 Å². The summed E-state index contributed by atoms with van der Waals surface area (Å²) in [6.07, 6.45) is 0.331. The van der Waals surface area contributed by atoms with Crippen LogP contribution in [0.15, 0.2) is 29.6 Å². The lowest BCUT2D eigenvalue weighted by Crippen LogP contribution is -2.26. The Bertz CT molecular complexity index is 565. The quantitative estimate of drug-likeness (QED) is 0.805. The number of carbonyl (C=O) groups is 1. The molecule has 0 unspecified atom stereocenters. The van der Waals surface area contributed by atoms with Crippen LogP contribution < -0.4 is 4.90 Å². The van der Waals surface area contributed by atoms with E-state index in [1.54, 1.807) is 11.9 Å². The lowest BCUT2D eigenvalue weighted by atomic mass is 10.1. The van der Waals surface area contributed by atoms with Crippen LogP contribution in [-0.4, -0.2) is 23.8 Å². The van der Waals surface area contributed by atoms with Gasteiger partial charge in [0.2, 0.25) is 5.91 Å². The zero-order chi connectivity index (χ0) is 13.8. The Hall–Kier alpha value is -1.39. The van der Waals surface area contributed by atoms with Crippen molar-refractivity contribution in [2.75, 3.05) is 17.8 Å². The molecule has 0 bridgehead atoms. The minimum Gasteiger partial charge on any atom is -0.291 e. The van der Waals surface area contributed by atoms with E-state index >= 15 is 0 Å². The number of aryl methyl sites for hydroxylation is 1. The summed E-state index contributed by atoms with van der Waals surface area (Å²) in [4.78, 5) is 17.8. The van der Waals surface area contributed by atoms with Crippen LogP contribution in [0, 0.1) is 6.92 Å². The van der Waals surface area contributed by atoms with Gasteiger partial charge in [0, 0.05) is 30.3 Å². The van der Waals surface area contributed by atoms with Gasteiger partial charge >= 0.3 is 0 Å². The number of carbonyl (C=O) groups excluding carboxylic acids is 1. The van der Waals surface area contributed by atoms with E-state index in [-0.39, 0.29) is 5.91 Å². The second-order valence-electron chi connectivity index (χ2n) is 4.27. The smallest absolute Gasteiger partial charge is 0.229 e. The van der Waals surface area contributed by atoms with Crippen LogP contribution in [0.25, 0.3) is 11.3 Å². The molecule has 0 aliphatic heterocycles. The molecular formula is C14H15ClN2OS. The summed E-state index contributed by atoms with van der Waals surface area (Å²) in [6, 6.07) is 8.18. The van der Waals surface area contributed by atoms with Gasteiger partial charge in [-0.15, -0.1) is 22.9 Å². The highest BCUT2D eigenvalue weighted by Gasteiger charge is 2.14. The van der Waals surface area contributed by atoms with E-state index in [2.05, 4.69) is 24.0 Å². The first kappa shape index (κ1) is 14.0. The van der Waals surface area contributed by atoms with Crippen molar-refractivity contribution < 1.29 is 4.79 Å². The molecule has 0 saturated carbocycles. The SMILES string of the molecule is Cc1ccc(-c2csc(N(C)C(=O)CCCl)n2)cc1. The van der Waals surface area contributed by atoms with Gasteiger partial charge in [0.25, 0.3) is 0 Å². The number of alkyl halides is 1. The second-order valence-corrected chi connectivity index (χ2v) is 5.49. The van der Waals surface area contributed by atoms with Crippen LogP contribution in [0.4, 0.5) is 5.13 Å². The second kappa shape index (κ2) is 6.17. The van der Waals surface area contributed by atoms with E-state index in [0.717, 1.165) is 11.3 Å². The molecular weight excluding hydrogens is 280 g/mol. The molecule has 0 aliphatic rings. The van der Waals surface area contributed by atoms with Crippen molar-refractivity contribution in [3.05, 3.63) is 35.2 Å². The maximum atomic E-state index is 11.7. The molecule has 3 nitrogen and oxygen atoms in total. The molecule has 2 aromatic rings. The number of anilines is 1. The van der Waals surface area contributed by atoms with Crippen molar-refractivity contribution in [3.63, 3.8) is 0 Å². The first-order valence-electron chi connectivity index (χ1n) is 5.97. The maximum absolute atomic E-state index is 11.7. The van der Waals surface area contributed by atoms with Crippen LogP contribution in [0.2, 0.25) is 0 Å². The molecule has 0 spiro atoms. The number of halogens is 1. The topological polar surface area (TPSA) is 33.2 Å². The van der Waals surface area contributed by atoms with Gasteiger partial charge in [-0.3, -0.25) is 9.69 Å². The number of hydrogen-bond acceptors (Lipinski definition) is 3. The lowest BCUT2D eigenvalue weighted by molar-refractivity contribution is -0.117. The summed E-state index contributed by atoms with van der Waals surface area (Å²) in [5, 5.41) is 2.66. The highest BCUT2D eigenvalue weighted by Crippen LogP contribution is 2.27. The minimum atomic E-state index is -0.0141. The fourth-order valence-corrected chi connectivity index (χ4v) is 2.61. The van der Waals surface area contributed by atoms with Gasteiger partial charge < -0.3 is 0 Å². The third-order valence-corrected chi connectivity index (χ3v) is 3.91. The summed E-state index contributed by atoms with van der Waals surface area (Å²) >= 11 is 7.04. The van der Waals surface area contributed by atoms with E-state index < -0.39 is 0 Å². The van der Waals surface area contributed by atoms with Gasteiger partial charge in [-0.2, -0.15) is 0 Å². The Labute approximate surface area is 121 Å². The Morgan fingerprint density at radius 3 is 2.68 bits per heavy atom. The molecule has 1 aromatic carbocycles. The summed E-state index contributed by atoms with van der Waals surface area (Å²) in [7, 11) is 1.73. The summed E-state index contributed by atoms with van der Waals surface area (Å²) < 4.78 is 0. The largest absolute Gasteiger partial charge is 0.291 e. The van der Waals surface area contributed by atoms with Crippen molar-refractivity contribution in [1.29, 1.82) is 0 Å². The average Bonchev–Trinajstić information content (AvgIpc) is 2.88. The molecule has 0 atom stereocenters. The molecule has 5 heteroatoms. The van der Waals surface area contributed by atoms with E-state index in [1.807, 2.05) is 17.5 Å². The maximum Gasteiger partial charge on any atom is 0.229 e. The van der Waals surface area contributed by atoms with Crippen LogP contribution in [0.1, 0.15) is 12.0 Å². The Morgan fingerprint density at radius 1 is 1.37 bits per heavy atom. The van der Waals surface area contributed by atoms with Crippen molar-refractivity contribution in [1.82, 2.24) is 4.98 Å². The Morgan fingerprint density at radius 2 is 2.05 bits per heavy atom. The first-order chi connectivity index (χ1) is 9.11. The number of nitrogens with zero attached hydrogens (tertiary/aromatic N) is 2. The standard InChI is InChI=1S/C14H15ClN2OS/c1-10-3-5-11(6-4-10)12-9-19-14(16-12)17(2)13(18)7-8-15/h3-6,9H,7-8H2,1-2H3. The van der Waals surface area contributed by atoms with E-state index in [0.29, 0.717) is 17.4 Å². The number of amides is 1. The van der Waals surface area contributed by atoms with Crippen LogP contribution in [0.3, 0.4) is 0 Å². The molecule has 0 radical (unpaired) electrons. The number of aromatic nitrogens is 1. The van der Waals surface area contributed by atoms with E-state index in [9.17, 15) is 4.79 Å². The molecule has 0 N–H and O–H groups in total. The minimum absolute atomic E-state index is 0.0141. The van der Waals surface area contributed by atoms with Crippen molar-refractivity contribution >= 4 is 34.0 Å². The first-order valence-corrected chi connectivity index (χ1v) is 7.38. The molecule has 19 heavy (non-hydrogen) atoms. The van der Waals surface area contributed by atoms with Crippen molar-refractivity contribution in [3.8, 4) is 11.3 Å². The van der Waals surface area contributed by atoms with E-state index in [4.69, 9.17) is 11.6 Å². The van der Waals surface area contributed by atoms with Gasteiger partial charge in [-0.1, -0.05) is 29.8 Å². The zero-order valence-corrected chi connectivity index (χ0v) is 12.5. The van der Waals surface area contributed by atoms with Gasteiger partial charge in [0.1, 0.15) is 0 Å². The third kappa shape index (κ3) is 3.33. The molecule has 0 fully saturated rings. The normalized spacial score (nSPS) is 10.5. The van der Waals surface area contributed by atoms with E-state index in [1.165, 1.54) is 16.9 Å². The molecule has 100 valence electrons. The average molecular weight is 295 g/mol. The number of thiazole rings is 1. The monoisotopic (exact) mass is 294 g/mol. The molecule has 0 aliphatic carbocycles. The fraction of sp³-hybridized carbons (Fsp3) is 0.286. The summed E-state index contributed by atoms with van der Waals surface area (Å²) in [5.74, 6) is 0.319. The molecule has 2 rings (SSSR count). The summed E-state index contributed by atoms with van der Waals surface area (Å²) in [5.41, 5.74) is 3.17. The molecule has 1 amide bonds. The number of hydrogen-bond donors (Lipinski definition) is 0. The summed E-state index contributed by atoms with van der Waals surface area (Å²) in [6.45, 7) is 2.05.